The molecule has 0 saturated heterocycles. The summed E-state index contributed by atoms with van der Waals surface area (Å²) in [4.78, 5) is 13.7. The molecule has 0 radical (unpaired) electrons. The number of hydrogen-bond donors (Lipinski definition) is 0. The molecular formula is C31H22O. The third kappa shape index (κ3) is 3.06. The first-order chi connectivity index (χ1) is 15.8. The minimum Gasteiger partial charge on any atom is -0.294 e. The molecule has 0 atom stereocenters. The summed E-state index contributed by atoms with van der Waals surface area (Å²) in [5.41, 5.74) is 2.11. The molecule has 6 rings (SSSR count). The highest BCUT2D eigenvalue weighted by atomic mass is 16.1. The molecule has 0 N–H and O–H groups in total. The summed E-state index contributed by atoms with van der Waals surface area (Å²) in [6.45, 7) is 0. The van der Waals surface area contributed by atoms with Gasteiger partial charge in [0.25, 0.3) is 0 Å². The van der Waals surface area contributed by atoms with Crippen LogP contribution in [-0.4, -0.2) is 5.78 Å². The lowest BCUT2D eigenvalue weighted by Gasteiger charge is -2.13. The van der Waals surface area contributed by atoms with E-state index in [-0.39, 0.29) is 5.78 Å². The number of carbonyl (C=O) groups is 1. The number of rotatable bonds is 4. The van der Waals surface area contributed by atoms with Crippen molar-refractivity contribution < 1.29 is 4.79 Å². The third-order valence-electron chi connectivity index (χ3n) is 6.53. The molecule has 0 aliphatic rings. The molecule has 6 aromatic rings. The molecule has 152 valence electrons. The summed E-state index contributed by atoms with van der Waals surface area (Å²) in [6, 6.07) is 37.9. The molecule has 0 fully saturated rings. The summed E-state index contributed by atoms with van der Waals surface area (Å²) in [5.74, 6) is 0.204. The Morgan fingerprint density at radius 1 is 0.500 bits per heavy atom. The van der Waals surface area contributed by atoms with Crippen molar-refractivity contribution in [3.05, 3.63) is 120 Å². The van der Waals surface area contributed by atoms with Gasteiger partial charge in [0, 0.05) is 12.0 Å². The van der Waals surface area contributed by atoms with Gasteiger partial charge >= 0.3 is 0 Å². The van der Waals surface area contributed by atoms with Gasteiger partial charge in [-0.05, 0) is 67.2 Å². The Morgan fingerprint density at radius 2 is 0.875 bits per heavy atom. The maximum Gasteiger partial charge on any atom is 0.164 e. The molecule has 0 spiro atoms. The van der Waals surface area contributed by atoms with Crippen LogP contribution in [0, 0.1) is 0 Å². The Balaban J connectivity index is 1.48. The molecule has 0 aliphatic carbocycles. The van der Waals surface area contributed by atoms with Crippen LogP contribution in [0.15, 0.2) is 109 Å². The van der Waals surface area contributed by atoms with Crippen LogP contribution >= 0.6 is 0 Å². The topological polar surface area (TPSA) is 17.1 Å². The minimum absolute atomic E-state index is 0.204. The Kier molecular flexibility index (Phi) is 4.47. The van der Waals surface area contributed by atoms with Gasteiger partial charge in [0.05, 0.1) is 0 Å². The van der Waals surface area contributed by atoms with Crippen LogP contribution in [0.2, 0.25) is 0 Å². The zero-order chi connectivity index (χ0) is 21.5. The predicted octanol–water partition coefficient (Wildman–Crippen LogP) is 8.11. The van der Waals surface area contributed by atoms with E-state index in [9.17, 15) is 4.79 Å². The number of ketones is 1. The summed E-state index contributed by atoms with van der Waals surface area (Å²) >= 11 is 0. The van der Waals surface area contributed by atoms with E-state index < -0.39 is 0 Å². The highest BCUT2D eigenvalue weighted by molar-refractivity contribution is 6.19. The molecule has 0 amide bonds. The number of aryl methyl sites for hydroxylation is 1. The van der Waals surface area contributed by atoms with Crippen LogP contribution in [0.5, 0.6) is 0 Å². The van der Waals surface area contributed by atoms with Crippen molar-refractivity contribution in [2.75, 3.05) is 0 Å². The Hall–Kier alpha value is -3.97. The monoisotopic (exact) mass is 410 g/mol. The molecular weight excluding hydrogens is 388 g/mol. The fraction of sp³-hybridized carbons (Fsp3) is 0.0645. The van der Waals surface area contributed by atoms with Crippen molar-refractivity contribution in [3.63, 3.8) is 0 Å². The minimum atomic E-state index is 0.204. The molecule has 0 aliphatic heterocycles. The van der Waals surface area contributed by atoms with Crippen molar-refractivity contribution in [2.24, 2.45) is 0 Å². The summed E-state index contributed by atoms with van der Waals surface area (Å²) in [7, 11) is 0. The molecule has 0 bridgehead atoms. The van der Waals surface area contributed by atoms with E-state index in [2.05, 4.69) is 84.9 Å². The van der Waals surface area contributed by atoms with Crippen molar-refractivity contribution in [1.29, 1.82) is 0 Å². The van der Waals surface area contributed by atoms with Gasteiger partial charge in [-0.1, -0.05) is 97.1 Å². The molecule has 0 unspecified atom stereocenters. The number of Topliss-reactive ketones (excluding diaryl/α,β-unsaturated/α-hetero) is 1. The van der Waals surface area contributed by atoms with Crippen molar-refractivity contribution in [2.45, 2.75) is 12.8 Å². The van der Waals surface area contributed by atoms with Crippen LogP contribution < -0.4 is 0 Å². The van der Waals surface area contributed by atoms with Crippen molar-refractivity contribution >= 4 is 48.9 Å². The fourth-order valence-corrected chi connectivity index (χ4v) is 5.05. The first-order valence-corrected chi connectivity index (χ1v) is 11.1. The first kappa shape index (κ1) is 18.8. The summed E-state index contributed by atoms with van der Waals surface area (Å²) in [6.07, 6.45) is 1.20. The SMILES string of the molecule is O=C(CCc1c2ccccc2cc2ccccc12)c1c2ccccc2cc2ccccc12. The Bertz CT molecular complexity index is 1530. The van der Waals surface area contributed by atoms with Crippen LogP contribution in [0.3, 0.4) is 0 Å². The molecule has 0 saturated carbocycles. The number of hydrogen-bond acceptors (Lipinski definition) is 1. The van der Waals surface area contributed by atoms with Gasteiger partial charge < -0.3 is 0 Å². The fourth-order valence-electron chi connectivity index (χ4n) is 5.05. The van der Waals surface area contributed by atoms with Gasteiger partial charge in [-0.2, -0.15) is 0 Å². The van der Waals surface area contributed by atoms with E-state index in [4.69, 9.17) is 0 Å². The lowest BCUT2D eigenvalue weighted by atomic mass is 9.90. The number of benzene rings is 6. The Morgan fingerprint density at radius 3 is 1.34 bits per heavy atom. The summed E-state index contributed by atoms with van der Waals surface area (Å²) < 4.78 is 0. The van der Waals surface area contributed by atoms with E-state index in [1.165, 1.54) is 27.1 Å². The lowest BCUT2D eigenvalue weighted by Crippen LogP contribution is -2.04. The predicted molar refractivity (Wildman–Crippen MR) is 136 cm³/mol. The molecule has 1 heteroatoms. The van der Waals surface area contributed by atoms with E-state index >= 15 is 0 Å². The van der Waals surface area contributed by atoms with Crippen LogP contribution in [-0.2, 0) is 6.42 Å². The van der Waals surface area contributed by atoms with Crippen molar-refractivity contribution in [3.8, 4) is 0 Å². The molecule has 6 aromatic carbocycles. The highest BCUT2D eigenvalue weighted by Crippen LogP contribution is 2.32. The van der Waals surface area contributed by atoms with Crippen LogP contribution in [0.1, 0.15) is 22.3 Å². The van der Waals surface area contributed by atoms with Gasteiger partial charge in [0.15, 0.2) is 5.78 Å². The highest BCUT2D eigenvalue weighted by Gasteiger charge is 2.16. The van der Waals surface area contributed by atoms with E-state index in [1.54, 1.807) is 0 Å². The van der Waals surface area contributed by atoms with E-state index in [1.807, 2.05) is 24.3 Å². The second kappa shape index (κ2) is 7.62. The van der Waals surface area contributed by atoms with E-state index in [0.29, 0.717) is 6.42 Å². The summed E-state index contributed by atoms with van der Waals surface area (Å²) in [5, 5.41) is 9.24. The quantitative estimate of drug-likeness (QED) is 0.212. The molecule has 0 heterocycles. The molecule has 32 heavy (non-hydrogen) atoms. The van der Waals surface area contributed by atoms with Gasteiger partial charge in [-0.25, -0.2) is 0 Å². The molecule has 0 aromatic heterocycles. The van der Waals surface area contributed by atoms with Crippen LogP contribution in [0.25, 0.3) is 43.1 Å². The smallest absolute Gasteiger partial charge is 0.164 e. The maximum atomic E-state index is 13.7. The second-order valence-corrected chi connectivity index (χ2v) is 8.41. The van der Waals surface area contributed by atoms with Crippen LogP contribution in [0.4, 0.5) is 0 Å². The standard InChI is InChI=1S/C31H22O/c32-30(31-27-15-7-3-11-23(27)20-24-12-4-8-16-28(24)31)18-17-29-25-13-5-1-9-21(25)19-22-10-2-6-14-26(22)29/h1-16,19-20H,17-18H2. The number of fused-ring (bicyclic) bond motifs is 4. The third-order valence-corrected chi connectivity index (χ3v) is 6.53. The number of carbonyl (C=O) groups excluding carboxylic acids is 1. The maximum absolute atomic E-state index is 13.7. The lowest BCUT2D eigenvalue weighted by molar-refractivity contribution is 0.0986. The largest absolute Gasteiger partial charge is 0.294 e. The zero-order valence-electron chi connectivity index (χ0n) is 17.7. The average Bonchev–Trinajstić information content (AvgIpc) is 2.84. The van der Waals surface area contributed by atoms with Gasteiger partial charge in [-0.15, -0.1) is 0 Å². The average molecular weight is 411 g/mol. The van der Waals surface area contributed by atoms with Crippen molar-refractivity contribution in [1.82, 2.24) is 0 Å². The van der Waals surface area contributed by atoms with Gasteiger partial charge in [-0.3, -0.25) is 4.79 Å². The first-order valence-electron chi connectivity index (χ1n) is 11.1. The van der Waals surface area contributed by atoms with Gasteiger partial charge in [0.2, 0.25) is 0 Å². The normalized spacial score (nSPS) is 11.5. The second-order valence-electron chi connectivity index (χ2n) is 8.41. The Labute approximate surface area is 186 Å². The molecule has 1 nitrogen and oxygen atoms in total. The van der Waals surface area contributed by atoms with E-state index in [0.717, 1.165) is 33.5 Å². The van der Waals surface area contributed by atoms with Gasteiger partial charge in [0.1, 0.15) is 0 Å². The zero-order valence-corrected chi connectivity index (χ0v) is 17.7.